The molecular formula is C42H68N2O4. The summed E-state index contributed by atoms with van der Waals surface area (Å²) in [5.74, 6) is 0.113. The van der Waals surface area contributed by atoms with Crippen molar-refractivity contribution in [2.24, 2.45) is 0 Å². The highest BCUT2D eigenvalue weighted by Gasteiger charge is 2.04. The molecule has 0 bridgehead atoms. The lowest BCUT2D eigenvalue weighted by atomic mass is 10.0. The topological polar surface area (TPSA) is 87.7 Å². The average molecular weight is 665 g/mol. The zero-order chi connectivity index (χ0) is 34.2. The number of para-hydroxylation sites is 1. The van der Waals surface area contributed by atoms with Gasteiger partial charge in [0, 0.05) is 36.5 Å². The number of hydrogen-bond acceptors (Lipinski definition) is 5. The number of anilines is 3. The van der Waals surface area contributed by atoms with E-state index in [1.165, 1.54) is 122 Å². The molecule has 0 spiro atoms. The van der Waals surface area contributed by atoms with Gasteiger partial charge in [-0.3, -0.25) is 9.59 Å². The maximum absolute atomic E-state index is 12.1. The van der Waals surface area contributed by atoms with Gasteiger partial charge in [0.2, 0.25) is 5.91 Å². The number of ether oxygens (including phenoxy) is 1. The Kier molecular flexibility index (Phi) is 26.0. The number of rotatable bonds is 17. The molecule has 3 N–H and O–H groups in total. The second-order valence-electron chi connectivity index (χ2n) is 13.5. The van der Waals surface area contributed by atoms with Crippen molar-refractivity contribution in [2.45, 2.75) is 167 Å². The second-order valence-corrected chi connectivity index (χ2v) is 13.5. The van der Waals surface area contributed by atoms with Crippen molar-refractivity contribution in [1.29, 1.82) is 0 Å². The van der Waals surface area contributed by atoms with Gasteiger partial charge < -0.3 is 20.5 Å². The molecule has 1 aliphatic heterocycles. The lowest BCUT2D eigenvalue weighted by Crippen LogP contribution is -2.10. The van der Waals surface area contributed by atoms with Crippen LogP contribution in [0.5, 0.6) is 0 Å². The minimum Gasteiger partial charge on any atom is -0.466 e. The Hall–Kier alpha value is -2.86. The van der Waals surface area contributed by atoms with E-state index < -0.39 is 0 Å². The van der Waals surface area contributed by atoms with E-state index in [-0.39, 0.29) is 11.9 Å². The standard InChI is InChI=1S/C27H40N2O2.C15H28O2/c30-23-15-10-8-6-4-2-1-3-5-7-9-14-18-27(31)29-26-21-19-25(20-22-26)28-24-16-12-11-13-17-24;16-15-13-11-9-7-5-3-1-2-4-6-8-10-12-14-17-15/h11-13,16-17,19-22,28,30H,1-10,14-15,18,23H2,(H,29,31);1-14H2. The fourth-order valence-electron chi connectivity index (χ4n) is 6.11. The van der Waals surface area contributed by atoms with Crippen molar-refractivity contribution in [3.05, 3.63) is 54.6 Å². The molecule has 6 nitrogen and oxygen atoms in total. The molecule has 0 atom stereocenters. The summed E-state index contributed by atoms with van der Waals surface area (Å²) in [7, 11) is 0. The molecule has 1 heterocycles. The minimum atomic E-state index is 0.0112. The SMILES string of the molecule is O=C(CCCCCCCCCCCCCCO)Nc1ccc(Nc2ccccc2)cc1.O=C1CCCCCCCCCCCCCCO1. The summed E-state index contributed by atoms with van der Waals surface area (Å²) in [6.07, 6.45) is 31.2. The number of cyclic esters (lactones) is 1. The number of aliphatic hydroxyl groups excluding tert-OH is 1. The molecule has 2 aromatic carbocycles. The zero-order valence-corrected chi connectivity index (χ0v) is 30.2. The molecule has 1 aliphatic rings. The van der Waals surface area contributed by atoms with E-state index in [4.69, 9.17) is 9.84 Å². The predicted octanol–water partition coefficient (Wildman–Crippen LogP) is 12.0. The third-order valence-corrected chi connectivity index (χ3v) is 9.08. The third kappa shape index (κ3) is 24.3. The smallest absolute Gasteiger partial charge is 0.305 e. The average Bonchev–Trinajstić information content (AvgIpc) is 3.09. The van der Waals surface area contributed by atoms with Crippen molar-refractivity contribution in [2.75, 3.05) is 23.8 Å². The monoisotopic (exact) mass is 665 g/mol. The Morgan fingerprint density at radius 1 is 0.542 bits per heavy atom. The van der Waals surface area contributed by atoms with Crippen LogP contribution < -0.4 is 10.6 Å². The van der Waals surface area contributed by atoms with Gasteiger partial charge in [-0.2, -0.15) is 0 Å². The maximum atomic E-state index is 12.1. The van der Waals surface area contributed by atoms with Crippen LogP contribution in [0.4, 0.5) is 17.1 Å². The minimum absolute atomic E-state index is 0.0112. The van der Waals surface area contributed by atoms with Gasteiger partial charge in [0.15, 0.2) is 0 Å². The molecule has 0 unspecified atom stereocenters. The van der Waals surface area contributed by atoms with Crippen LogP contribution in [0.25, 0.3) is 0 Å². The van der Waals surface area contributed by atoms with Crippen LogP contribution in [-0.2, 0) is 14.3 Å². The van der Waals surface area contributed by atoms with Gasteiger partial charge in [-0.05, 0) is 62.1 Å². The molecule has 0 aromatic heterocycles. The highest BCUT2D eigenvalue weighted by Crippen LogP contribution is 2.19. The van der Waals surface area contributed by atoms with E-state index in [1.807, 2.05) is 54.6 Å². The first kappa shape index (κ1) is 41.3. The van der Waals surface area contributed by atoms with Crippen molar-refractivity contribution in [3.63, 3.8) is 0 Å². The Balaban J connectivity index is 0.000000397. The number of carbonyl (C=O) groups is 2. The third-order valence-electron chi connectivity index (χ3n) is 9.08. The Morgan fingerprint density at radius 2 is 0.979 bits per heavy atom. The van der Waals surface area contributed by atoms with Crippen molar-refractivity contribution < 1.29 is 19.4 Å². The highest BCUT2D eigenvalue weighted by atomic mass is 16.5. The molecule has 0 radical (unpaired) electrons. The molecule has 3 rings (SSSR count). The van der Waals surface area contributed by atoms with E-state index >= 15 is 0 Å². The summed E-state index contributed by atoms with van der Waals surface area (Å²) in [6.45, 7) is 0.973. The van der Waals surface area contributed by atoms with Crippen LogP contribution in [0.2, 0.25) is 0 Å². The van der Waals surface area contributed by atoms with Crippen LogP contribution in [0.3, 0.4) is 0 Å². The molecule has 48 heavy (non-hydrogen) atoms. The van der Waals surface area contributed by atoms with Crippen LogP contribution >= 0.6 is 0 Å². The molecule has 0 saturated carbocycles. The summed E-state index contributed by atoms with van der Waals surface area (Å²) in [6, 6.07) is 17.9. The quantitative estimate of drug-likeness (QED) is 0.116. The fourth-order valence-corrected chi connectivity index (χ4v) is 6.11. The molecule has 270 valence electrons. The molecule has 2 aromatic rings. The van der Waals surface area contributed by atoms with Crippen molar-refractivity contribution >= 4 is 28.9 Å². The van der Waals surface area contributed by atoms with E-state index in [9.17, 15) is 9.59 Å². The first-order chi connectivity index (χ1) is 23.7. The van der Waals surface area contributed by atoms with E-state index in [2.05, 4.69) is 10.6 Å². The largest absolute Gasteiger partial charge is 0.466 e. The summed E-state index contributed by atoms with van der Waals surface area (Å²) >= 11 is 0. The van der Waals surface area contributed by atoms with Crippen molar-refractivity contribution in [1.82, 2.24) is 0 Å². The van der Waals surface area contributed by atoms with Gasteiger partial charge >= 0.3 is 5.97 Å². The number of esters is 1. The van der Waals surface area contributed by atoms with Gasteiger partial charge in [-0.1, -0.05) is 147 Å². The van der Waals surface area contributed by atoms with Gasteiger partial charge in [0.05, 0.1) is 6.61 Å². The van der Waals surface area contributed by atoms with Gasteiger partial charge in [-0.15, -0.1) is 0 Å². The van der Waals surface area contributed by atoms with Crippen LogP contribution in [0, 0.1) is 0 Å². The Bertz CT molecular complexity index is 1010. The lowest BCUT2D eigenvalue weighted by Gasteiger charge is -2.09. The first-order valence-electron chi connectivity index (χ1n) is 19.7. The number of benzene rings is 2. The Labute approximate surface area is 293 Å². The molecule has 0 aliphatic carbocycles. The van der Waals surface area contributed by atoms with Gasteiger partial charge in [0.1, 0.15) is 0 Å². The lowest BCUT2D eigenvalue weighted by molar-refractivity contribution is -0.143. The van der Waals surface area contributed by atoms with Crippen LogP contribution in [0.15, 0.2) is 54.6 Å². The molecule has 1 saturated heterocycles. The summed E-state index contributed by atoms with van der Waals surface area (Å²) in [4.78, 5) is 23.5. The van der Waals surface area contributed by atoms with Crippen molar-refractivity contribution in [3.8, 4) is 0 Å². The summed E-state index contributed by atoms with van der Waals surface area (Å²) in [5.41, 5.74) is 2.90. The highest BCUT2D eigenvalue weighted by molar-refractivity contribution is 5.90. The van der Waals surface area contributed by atoms with Gasteiger partial charge in [-0.25, -0.2) is 0 Å². The molecule has 1 amide bonds. The van der Waals surface area contributed by atoms with Gasteiger partial charge in [0.25, 0.3) is 0 Å². The van der Waals surface area contributed by atoms with E-state index in [0.717, 1.165) is 49.2 Å². The first-order valence-corrected chi connectivity index (χ1v) is 19.7. The molecule has 6 heteroatoms. The maximum Gasteiger partial charge on any atom is 0.305 e. The zero-order valence-electron chi connectivity index (χ0n) is 30.2. The Morgan fingerprint density at radius 3 is 1.52 bits per heavy atom. The van der Waals surface area contributed by atoms with E-state index in [0.29, 0.717) is 26.1 Å². The number of unbranched alkanes of at least 4 members (excludes halogenated alkanes) is 11. The number of amides is 1. The number of hydrogen-bond donors (Lipinski definition) is 3. The predicted molar refractivity (Wildman–Crippen MR) is 203 cm³/mol. The normalized spacial score (nSPS) is 15.1. The molecular weight excluding hydrogens is 596 g/mol. The fraction of sp³-hybridized carbons (Fsp3) is 0.667. The number of nitrogens with one attached hydrogen (secondary N) is 2. The number of carbonyl (C=O) groups excluding carboxylic acids is 2. The number of aliphatic hydroxyl groups is 1. The summed E-state index contributed by atoms with van der Waals surface area (Å²) in [5, 5.41) is 15.1. The van der Waals surface area contributed by atoms with E-state index in [1.54, 1.807) is 0 Å². The van der Waals surface area contributed by atoms with Crippen LogP contribution in [-0.4, -0.2) is 30.2 Å². The van der Waals surface area contributed by atoms with Crippen LogP contribution in [0.1, 0.15) is 167 Å². The summed E-state index contributed by atoms with van der Waals surface area (Å²) < 4.78 is 5.20. The second kappa shape index (κ2) is 30.2. The molecule has 1 fully saturated rings.